The Morgan fingerprint density at radius 3 is 2.46 bits per heavy atom. The number of thiophene rings is 1. The van der Waals surface area contributed by atoms with Crippen molar-refractivity contribution in [3.05, 3.63) is 40.5 Å². The van der Waals surface area contributed by atoms with E-state index in [-0.39, 0.29) is 83.6 Å². The maximum atomic E-state index is 17.6. The second-order valence-electron chi connectivity index (χ2n) is 14.8. The van der Waals surface area contributed by atoms with E-state index in [4.69, 9.17) is 23.9 Å². The number of halogens is 2. The molecule has 284 valence electrons. The number of rotatable bonds is 7. The molecular weight excluding hydrogens is 725 g/mol. The number of nitrogens with zero attached hydrogens (tertiary/aromatic N) is 6. The molecule has 8 rings (SSSR count). The summed E-state index contributed by atoms with van der Waals surface area (Å²) >= 11 is 1.05. The average Bonchev–Trinajstić information content (AvgIpc) is 3.81. The van der Waals surface area contributed by atoms with E-state index in [0.29, 0.717) is 59.6 Å². The molecule has 6 heterocycles. The average molecular weight is 764 g/mol. The minimum atomic E-state index is -0.998. The lowest BCUT2D eigenvalue weighted by Gasteiger charge is -2.41. The molecule has 3 saturated heterocycles. The highest BCUT2D eigenvalue weighted by Crippen LogP contribution is 2.49. The van der Waals surface area contributed by atoms with E-state index in [0.717, 1.165) is 24.4 Å². The van der Waals surface area contributed by atoms with Gasteiger partial charge in [0.1, 0.15) is 40.4 Å². The highest BCUT2D eigenvalue weighted by atomic mass is 32.1. The first-order valence-corrected chi connectivity index (χ1v) is 18.7. The highest BCUT2D eigenvalue weighted by Gasteiger charge is 2.44. The summed E-state index contributed by atoms with van der Waals surface area (Å²) in [6.07, 6.45) is -0.354. The van der Waals surface area contributed by atoms with Crippen LogP contribution in [0.3, 0.4) is 0 Å². The summed E-state index contributed by atoms with van der Waals surface area (Å²) in [7, 11) is 0. The summed E-state index contributed by atoms with van der Waals surface area (Å²) < 4.78 is 57.3. The number of anilines is 2. The van der Waals surface area contributed by atoms with Crippen LogP contribution >= 0.6 is 11.3 Å². The van der Waals surface area contributed by atoms with Crippen LogP contribution in [-0.2, 0) is 27.4 Å². The van der Waals surface area contributed by atoms with Crippen molar-refractivity contribution in [1.29, 1.82) is 5.26 Å². The normalized spacial score (nSPS) is 20.0. The zero-order valence-electron chi connectivity index (χ0n) is 30.0. The monoisotopic (exact) mass is 763 g/mol. The van der Waals surface area contributed by atoms with E-state index >= 15 is 8.78 Å². The largest absolute Gasteiger partial charge is 0.465 e. The number of morpholine rings is 1. The topological polar surface area (TPSA) is 163 Å². The first-order valence-electron chi connectivity index (χ1n) is 17.9. The van der Waals surface area contributed by atoms with Gasteiger partial charge in [0.25, 0.3) is 0 Å². The molecule has 2 atom stereocenters. The number of fused-ring (bicyclic) bond motifs is 6. The molecule has 4 aliphatic heterocycles. The number of piperazine rings is 1. The SMILES string of the molecule is CC(C)(C)OC(=O)Nc1sc2ccc(F)c(-c3c4c(c5c(N6C7CCC6CN(C(=O)O)C7)nc(OCCN6CCOCC6)nc5c3F)COC4)c2c1C#N. The number of nitriles is 1. The van der Waals surface area contributed by atoms with Gasteiger partial charge >= 0.3 is 18.2 Å². The van der Waals surface area contributed by atoms with Crippen molar-refractivity contribution in [3.8, 4) is 23.2 Å². The van der Waals surface area contributed by atoms with Gasteiger partial charge in [-0.2, -0.15) is 15.2 Å². The molecule has 14 nitrogen and oxygen atoms in total. The van der Waals surface area contributed by atoms with Gasteiger partial charge in [-0.3, -0.25) is 10.2 Å². The van der Waals surface area contributed by atoms with Crippen LogP contribution in [0.4, 0.5) is 29.2 Å². The molecule has 54 heavy (non-hydrogen) atoms. The first kappa shape index (κ1) is 36.1. The Morgan fingerprint density at radius 1 is 1.06 bits per heavy atom. The predicted molar refractivity (Wildman–Crippen MR) is 195 cm³/mol. The summed E-state index contributed by atoms with van der Waals surface area (Å²) in [5.41, 5.74) is -0.222. The fourth-order valence-electron chi connectivity index (χ4n) is 8.00. The minimum absolute atomic E-state index is 0.0362. The van der Waals surface area contributed by atoms with Crippen molar-refractivity contribution in [2.75, 3.05) is 62.8 Å². The van der Waals surface area contributed by atoms with Gasteiger partial charge in [-0.15, -0.1) is 11.3 Å². The lowest BCUT2D eigenvalue weighted by molar-refractivity contribution is 0.0317. The van der Waals surface area contributed by atoms with Crippen LogP contribution in [0.1, 0.15) is 50.3 Å². The van der Waals surface area contributed by atoms with Crippen molar-refractivity contribution in [3.63, 3.8) is 0 Å². The second-order valence-corrected chi connectivity index (χ2v) is 15.9. The Hall–Kier alpha value is -4.89. The number of amides is 2. The Labute approximate surface area is 313 Å². The molecule has 4 aliphatic rings. The van der Waals surface area contributed by atoms with Gasteiger partial charge in [0.05, 0.1) is 37.4 Å². The first-order chi connectivity index (χ1) is 25.9. The van der Waals surface area contributed by atoms with Crippen molar-refractivity contribution in [2.24, 2.45) is 0 Å². The molecule has 4 aromatic rings. The molecule has 2 bridgehead atoms. The standard InChI is InChI=1S/C37H39F2N7O7S/c1-37(2,3)53-35(47)43-33-21(14-40)26-25(54-33)7-6-24(38)29(26)27-22-17-51-18-23(22)28-31(30(27)39)41-34(52-13-10-44-8-11-50-12-9-44)42-32(28)46-19-4-5-20(46)16-45(15-19)36(48)49/h6-7,19-20H,4-5,8-13,15-18H2,1-3H3,(H,43,47)(H,48,49). The zero-order chi connectivity index (χ0) is 37.9. The summed E-state index contributed by atoms with van der Waals surface area (Å²) in [6, 6.07) is 4.30. The van der Waals surface area contributed by atoms with Gasteiger partial charge in [-0.05, 0) is 56.9 Å². The number of carbonyl (C=O) groups excluding carboxylic acids is 1. The smallest absolute Gasteiger partial charge is 0.412 e. The molecule has 17 heteroatoms. The van der Waals surface area contributed by atoms with Gasteiger partial charge in [-0.25, -0.2) is 18.4 Å². The fourth-order valence-corrected chi connectivity index (χ4v) is 9.05. The third-order valence-corrected chi connectivity index (χ3v) is 11.3. The molecule has 0 aliphatic carbocycles. The maximum absolute atomic E-state index is 17.6. The number of hydrogen-bond acceptors (Lipinski definition) is 12. The number of likely N-dealkylation sites (tertiary alicyclic amines) is 1. The number of carboxylic acid groups (broad SMARTS) is 1. The van der Waals surface area contributed by atoms with Crippen LogP contribution in [0, 0.1) is 23.0 Å². The molecule has 2 N–H and O–H groups in total. The lowest BCUT2D eigenvalue weighted by Crippen LogP contribution is -2.55. The third-order valence-electron chi connectivity index (χ3n) is 10.3. The van der Waals surface area contributed by atoms with Crippen molar-refractivity contribution in [2.45, 2.75) is 64.5 Å². The molecular formula is C37H39F2N7O7S. The molecule has 0 radical (unpaired) electrons. The fraction of sp³-hybridized carbons (Fsp3) is 0.486. The van der Waals surface area contributed by atoms with Crippen LogP contribution in [0.5, 0.6) is 6.01 Å². The van der Waals surface area contributed by atoms with Crippen LogP contribution in [-0.4, -0.2) is 107 Å². The highest BCUT2D eigenvalue weighted by molar-refractivity contribution is 7.23. The number of nitrogens with one attached hydrogen (secondary N) is 1. The van der Waals surface area contributed by atoms with Crippen molar-refractivity contribution in [1.82, 2.24) is 19.8 Å². The summed E-state index contributed by atoms with van der Waals surface area (Å²) in [5.74, 6) is -1.19. The molecule has 0 spiro atoms. The Balaban J connectivity index is 1.30. The zero-order valence-corrected chi connectivity index (χ0v) is 30.9. The minimum Gasteiger partial charge on any atom is -0.465 e. The molecule has 2 unspecified atom stereocenters. The summed E-state index contributed by atoms with van der Waals surface area (Å²) in [5, 5.41) is 23.5. The van der Waals surface area contributed by atoms with E-state index in [1.165, 1.54) is 17.0 Å². The van der Waals surface area contributed by atoms with Crippen LogP contribution < -0.4 is 15.0 Å². The Kier molecular flexibility index (Phi) is 9.41. The predicted octanol–water partition coefficient (Wildman–Crippen LogP) is 6.08. The van der Waals surface area contributed by atoms with Gasteiger partial charge in [0.2, 0.25) is 0 Å². The van der Waals surface area contributed by atoms with E-state index < -0.39 is 29.4 Å². The van der Waals surface area contributed by atoms with Crippen LogP contribution in [0.15, 0.2) is 12.1 Å². The Bertz CT molecular complexity index is 2200. The maximum Gasteiger partial charge on any atom is 0.412 e. The quantitative estimate of drug-likeness (QED) is 0.224. The van der Waals surface area contributed by atoms with E-state index in [2.05, 4.69) is 26.2 Å². The van der Waals surface area contributed by atoms with Crippen molar-refractivity contribution >= 4 is 55.3 Å². The number of benzene rings is 2. The number of ether oxygens (including phenoxy) is 4. The van der Waals surface area contributed by atoms with Crippen LogP contribution in [0.2, 0.25) is 0 Å². The molecule has 0 saturated carbocycles. The van der Waals surface area contributed by atoms with E-state index in [1.807, 2.05) is 0 Å². The molecule has 2 aromatic heterocycles. The lowest BCUT2D eigenvalue weighted by atomic mass is 9.90. The summed E-state index contributed by atoms with van der Waals surface area (Å²) in [4.78, 5) is 39.9. The van der Waals surface area contributed by atoms with E-state index in [1.54, 1.807) is 20.8 Å². The molecule has 3 fully saturated rings. The van der Waals surface area contributed by atoms with Crippen molar-refractivity contribution < 1.29 is 42.4 Å². The summed E-state index contributed by atoms with van der Waals surface area (Å²) in [6.45, 7) is 9.15. The molecule has 2 amide bonds. The molecule has 2 aromatic carbocycles. The van der Waals surface area contributed by atoms with Crippen LogP contribution in [0.25, 0.3) is 32.1 Å². The Morgan fingerprint density at radius 2 is 1.78 bits per heavy atom. The van der Waals surface area contributed by atoms with Gasteiger partial charge in [0, 0.05) is 66.0 Å². The van der Waals surface area contributed by atoms with Gasteiger partial charge < -0.3 is 33.9 Å². The van der Waals surface area contributed by atoms with Gasteiger partial charge in [0.15, 0.2) is 5.82 Å². The number of carbonyl (C=O) groups is 2. The third kappa shape index (κ3) is 6.50. The number of hydrogen-bond donors (Lipinski definition) is 2. The van der Waals surface area contributed by atoms with Gasteiger partial charge in [-0.1, -0.05) is 0 Å². The number of aromatic nitrogens is 2. The second kappa shape index (κ2) is 14.1. The van der Waals surface area contributed by atoms with E-state index in [9.17, 15) is 20.0 Å².